The fourth-order valence-corrected chi connectivity index (χ4v) is 2.01. The zero-order valence-corrected chi connectivity index (χ0v) is 13.0. The first-order valence-corrected chi connectivity index (χ1v) is 7.24. The van der Waals surface area contributed by atoms with Gasteiger partial charge in [-0.1, -0.05) is 0 Å². The summed E-state index contributed by atoms with van der Waals surface area (Å²) < 4.78 is 10.6. The normalized spacial score (nSPS) is 10.0. The minimum Gasteiger partial charge on any atom is -0.497 e. The van der Waals surface area contributed by atoms with Gasteiger partial charge in [-0.3, -0.25) is 9.78 Å². The molecular formula is C18H15N3O3. The van der Waals surface area contributed by atoms with Gasteiger partial charge in [0.25, 0.3) is 5.91 Å². The molecule has 0 aliphatic carbocycles. The lowest BCUT2D eigenvalue weighted by Crippen LogP contribution is -2.11. The maximum atomic E-state index is 12.2. The minimum absolute atomic E-state index is 0.194. The van der Waals surface area contributed by atoms with Crippen molar-refractivity contribution >= 4 is 11.6 Å². The number of aromatic nitrogens is 2. The molecule has 0 aliphatic heterocycles. The number of nitrogens with one attached hydrogen (secondary N) is 1. The summed E-state index contributed by atoms with van der Waals surface area (Å²) in [6, 6.07) is 13.9. The molecule has 0 atom stereocenters. The van der Waals surface area contributed by atoms with Crippen LogP contribution in [0.5, 0.6) is 17.4 Å². The number of hydrogen-bond acceptors (Lipinski definition) is 5. The fraction of sp³-hybridized carbons (Fsp3) is 0.0556. The zero-order valence-electron chi connectivity index (χ0n) is 13.0. The summed E-state index contributed by atoms with van der Waals surface area (Å²) in [5.41, 5.74) is 1.22. The number of nitrogens with zero attached hydrogens (tertiary/aromatic N) is 2. The van der Waals surface area contributed by atoms with Crippen molar-refractivity contribution in [1.29, 1.82) is 0 Å². The second-order valence-electron chi connectivity index (χ2n) is 4.85. The quantitative estimate of drug-likeness (QED) is 0.778. The third-order valence-electron chi connectivity index (χ3n) is 3.23. The standard InChI is InChI=1S/C18H15N3O3/c1-23-15-6-2-13(3-7-15)18(22)21-14-4-8-16(9-5-14)24-17-12-19-10-11-20-17/h2-12H,1H3,(H,21,22). The number of hydrogen-bond donors (Lipinski definition) is 1. The molecule has 3 rings (SSSR count). The molecular weight excluding hydrogens is 306 g/mol. The Bertz CT molecular complexity index is 803. The summed E-state index contributed by atoms with van der Waals surface area (Å²) in [6.45, 7) is 0. The van der Waals surface area contributed by atoms with Crippen molar-refractivity contribution in [3.63, 3.8) is 0 Å². The van der Waals surface area contributed by atoms with Gasteiger partial charge in [0.05, 0.1) is 13.3 Å². The first-order chi connectivity index (χ1) is 11.7. The Hall–Kier alpha value is -3.41. The van der Waals surface area contributed by atoms with Crippen LogP contribution in [0.4, 0.5) is 5.69 Å². The van der Waals surface area contributed by atoms with E-state index in [4.69, 9.17) is 9.47 Å². The Labute approximate surface area is 139 Å². The lowest BCUT2D eigenvalue weighted by atomic mass is 10.2. The monoisotopic (exact) mass is 321 g/mol. The second kappa shape index (κ2) is 7.23. The predicted molar refractivity (Wildman–Crippen MR) is 89.5 cm³/mol. The Balaban J connectivity index is 1.64. The van der Waals surface area contributed by atoms with Crippen LogP contribution in [0.25, 0.3) is 0 Å². The molecule has 0 radical (unpaired) electrons. The average molecular weight is 321 g/mol. The smallest absolute Gasteiger partial charge is 0.255 e. The van der Waals surface area contributed by atoms with Gasteiger partial charge in [-0.05, 0) is 48.5 Å². The highest BCUT2D eigenvalue weighted by Crippen LogP contribution is 2.21. The lowest BCUT2D eigenvalue weighted by Gasteiger charge is -2.08. The van der Waals surface area contributed by atoms with E-state index in [-0.39, 0.29) is 5.91 Å². The van der Waals surface area contributed by atoms with E-state index in [2.05, 4.69) is 15.3 Å². The van der Waals surface area contributed by atoms with Gasteiger partial charge in [0.2, 0.25) is 5.88 Å². The topological polar surface area (TPSA) is 73.3 Å². The molecule has 24 heavy (non-hydrogen) atoms. The van der Waals surface area contributed by atoms with Gasteiger partial charge in [-0.15, -0.1) is 0 Å². The van der Waals surface area contributed by atoms with Gasteiger partial charge in [-0.2, -0.15) is 0 Å². The Morgan fingerprint density at radius 3 is 2.29 bits per heavy atom. The second-order valence-corrected chi connectivity index (χ2v) is 4.85. The number of anilines is 1. The van der Waals surface area contributed by atoms with E-state index in [9.17, 15) is 4.79 Å². The molecule has 0 aliphatic rings. The molecule has 0 fully saturated rings. The molecule has 1 amide bonds. The van der Waals surface area contributed by atoms with Crippen LogP contribution < -0.4 is 14.8 Å². The number of carbonyl (C=O) groups is 1. The maximum Gasteiger partial charge on any atom is 0.255 e. The maximum absolute atomic E-state index is 12.2. The third kappa shape index (κ3) is 3.86. The van der Waals surface area contributed by atoms with Crippen molar-refractivity contribution in [3.05, 3.63) is 72.7 Å². The molecule has 1 heterocycles. The predicted octanol–water partition coefficient (Wildman–Crippen LogP) is 3.53. The van der Waals surface area contributed by atoms with Crippen LogP contribution in [0.1, 0.15) is 10.4 Å². The van der Waals surface area contributed by atoms with Crippen LogP contribution in [0, 0.1) is 0 Å². The van der Waals surface area contributed by atoms with Gasteiger partial charge >= 0.3 is 0 Å². The number of rotatable bonds is 5. The zero-order chi connectivity index (χ0) is 16.8. The highest BCUT2D eigenvalue weighted by molar-refractivity contribution is 6.04. The fourth-order valence-electron chi connectivity index (χ4n) is 2.01. The van der Waals surface area contributed by atoms with Crippen LogP contribution >= 0.6 is 0 Å². The SMILES string of the molecule is COc1ccc(C(=O)Nc2ccc(Oc3cnccn3)cc2)cc1. The van der Waals surface area contributed by atoms with Crippen molar-refractivity contribution in [2.24, 2.45) is 0 Å². The molecule has 0 saturated carbocycles. The largest absolute Gasteiger partial charge is 0.497 e. The van der Waals surface area contributed by atoms with Crippen LogP contribution in [0.2, 0.25) is 0 Å². The average Bonchev–Trinajstić information content (AvgIpc) is 2.64. The molecule has 0 spiro atoms. The number of methoxy groups -OCH3 is 1. The van der Waals surface area contributed by atoms with E-state index in [1.54, 1.807) is 68.0 Å². The summed E-state index contributed by atoms with van der Waals surface area (Å²) in [5, 5.41) is 2.82. The summed E-state index contributed by atoms with van der Waals surface area (Å²) in [6.07, 6.45) is 4.66. The van der Waals surface area contributed by atoms with Crippen molar-refractivity contribution in [2.45, 2.75) is 0 Å². The summed E-state index contributed by atoms with van der Waals surface area (Å²) in [4.78, 5) is 20.2. The molecule has 0 unspecified atom stereocenters. The molecule has 120 valence electrons. The van der Waals surface area contributed by atoms with Gasteiger partial charge in [0.15, 0.2) is 0 Å². The van der Waals surface area contributed by atoms with E-state index in [1.165, 1.54) is 6.20 Å². The number of benzene rings is 2. The molecule has 3 aromatic rings. The third-order valence-corrected chi connectivity index (χ3v) is 3.23. The Morgan fingerprint density at radius 1 is 0.958 bits per heavy atom. The molecule has 2 aromatic carbocycles. The summed E-state index contributed by atoms with van der Waals surface area (Å²) >= 11 is 0. The van der Waals surface area contributed by atoms with Crippen molar-refractivity contribution in [2.75, 3.05) is 12.4 Å². The number of ether oxygens (including phenoxy) is 2. The van der Waals surface area contributed by atoms with Crippen molar-refractivity contribution in [3.8, 4) is 17.4 Å². The van der Waals surface area contributed by atoms with Crippen LogP contribution in [0.15, 0.2) is 67.1 Å². The van der Waals surface area contributed by atoms with E-state index in [0.29, 0.717) is 28.6 Å². The first-order valence-electron chi connectivity index (χ1n) is 7.24. The van der Waals surface area contributed by atoms with E-state index in [1.807, 2.05) is 0 Å². The van der Waals surface area contributed by atoms with E-state index in [0.717, 1.165) is 0 Å². The van der Waals surface area contributed by atoms with Crippen molar-refractivity contribution in [1.82, 2.24) is 9.97 Å². The molecule has 1 N–H and O–H groups in total. The Kier molecular flexibility index (Phi) is 4.67. The number of amides is 1. The van der Waals surface area contributed by atoms with E-state index < -0.39 is 0 Å². The molecule has 0 bridgehead atoms. The molecule has 6 nitrogen and oxygen atoms in total. The van der Waals surface area contributed by atoms with E-state index >= 15 is 0 Å². The summed E-state index contributed by atoms with van der Waals surface area (Å²) in [5.74, 6) is 1.53. The molecule has 1 aromatic heterocycles. The summed E-state index contributed by atoms with van der Waals surface area (Å²) in [7, 11) is 1.58. The van der Waals surface area contributed by atoms with Crippen LogP contribution in [-0.2, 0) is 0 Å². The first kappa shape index (κ1) is 15.5. The molecule has 0 saturated heterocycles. The van der Waals surface area contributed by atoms with Crippen LogP contribution in [0.3, 0.4) is 0 Å². The van der Waals surface area contributed by atoms with Crippen molar-refractivity contribution < 1.29 is 14.3 Å². The number of carbonyl (C=O) groups excluding carboxylic acids is 1. The van der Waals surface area contributed by atoms with Crippen LogP contribution in [-0.4, -0.2) is 23.0 Å². The van der Waals surface area contributed by atoms with Gasteiger partial charge in [0.1, 0.15) is 11.5 Å². The van der Waals surface area contributed by atoms with Gasteiger partial charge < -0.3 is 14.8 Å². The Morgan fingerprint density at radius 2 is 1.67 bits per heavy atom. The highest BCUT2D eigenvalue weighted by Gasteiger charge is 2.06. The minimum atomic E-state index is -0.194. The van der Waals surface area contributed by atoms with Gasteiger partial charge in [0, 0.05) is 23.6 Å². The molecule has 6 heteroatoms. The highest BCUT2D eigenvalue weighted by atomic mass is 16.5. The van der Waals surface area contributed by atoms with Gasteiger partial charge in [-0.25, -0.2) is 4.98 Å². The lowest BCUT2D eigenvalue weighted by molar-refractivity contribution is 0.102.